The number of nitrogens with one attached hydrogen (secondary N) is 1. The van der Waals surface area contributed by atoms with E-state index in [2.05, 4.69) is 46.7 Å². The van der Waals surface area contributed by atoms with Crippen LogP contribution in [0.2, 0.25) is 0 Å². The van der Waals surface area contributed by atoms with Gasteiger partial charge in [-0.25, -0.2) is 14.5 Å². The number of anilines is 1. The zero-order chi connectivity index (χ0) is 60.4. The molecule has 0 radical (unpaired) electrons. The van der Waals surface area contributed by atoms with E-state index in [0.717, 1.165) is 38.9 Å². The SMILES string of the molecule is CC1(C)O[C@@H]2[C@H](O1)[C@@H](COC(c1ccccc1)(c1ccccc1)c1ccccc1)O[C@H]2n1c(O[C@H]2O[C@H](COCc3ccccc3)[C@@H](OCc3ccccc3)[C@H](OCc3ccccc3)[C@@H]2OCc2ccccc2)nc2c(NC(=O)c3ccccc3)ncnc21. The number of hydrogen-bond donors (Lipinski definition) is 1. The molecule has 8 aromatic carbocycles. The highest BCUT2D eigenvalue weighted by atomic mass is 16.8. The Kier molecular flexibility index (Phi) is 18.2. The molecule has 452 valence electrons. The van der Waals surface area contributed by atoms with Crippen LogP contribution in [0.4, 0.5) is 5.82 Å². The molecule has 5 heterocycles. The molecule has 9 atom stereocenters. The van der Waals surface area contributed by atoms with Gasteiger partial charge in [0.2, 0.25) is 6.29 Å². The predicted molar refractivity (Wildman–Crippen MR) is 333 cm³/mol. The molecule has 13 rings (SSSR count). The highest BCUT2D eigenvalue weighted by Gasteiger charge is 2.58. The number of benzene rings is 8. The van der Waals surface area contributed by atoms with Crippen LogP contribution in [0.1, 0.15) is 69.4 Å². The first-order valence-corrected chi connectivity index (χ1v) is 30.1. The lowest BCUT2D eigenvalue weighted by atomic mass is 9.80. The van der Waals surface area contributed by atoms with E-state index < -0.39 is 72.5 Å². The molecule has 16 nitrogen and oxygen atoms in total. The lowest BCUT2D eigenvalue weighted by Crippen LogP contribution is -2.62. The summed E-state index contributed by atoms with van der Waals surface area (Å²) in [6.07, 6.45) is -6.69. The van der Waals surface area contributed by atoms with Crippen molar-refractivity contribution in [2.45, 2.75) is 107 Å². The second kappa shape index (κ2) is 27.3. The summed E-state index contributed by atoms with van der Waals surface area (Å²) in [5.41, 5.74) is 6.30. The van der Waals surface area contributed by atoms with Crippen molar-refractivity contribution in [2.24, 2.45) is 0 Å². The molecule has 0 unspecified atom stereocenters. The minimum Gasteiger partial charge on any atom is -0.432 e. The maximum absolute atomic E-state index is 14.1. The molecular weight excluding hydrogens is 1120 g/mol. The zero-order valence-electron chi connectivity index (χ0n) is 49.4. The van der Waals surface area contributed by atoms with Gasteiger partial charge in [-0.05, 0) is 64.9 Å². The van der Waals surface area contributed by atoms with Gasteiger partial charge in [0.25, 0.3) is 5.91 Å². The van der Waals surface area contributed by atoms with Crippen molar-refractivity contribution in [2.75, 3.05) is 18.5 Å². The summed E-state index contributed by atoms with van der Waals surface area (Å²) in [6, 6.07) is 79.1. The second-order valence-electron chi connectivity index (χ2n) is 22.6. The minimum atomic E-state index is -1.29. The maximum Gasteiger partial charge on any atom is 0.303 e. The van der Waals surface area contributed by atoms with Gasteiger partial charge in [-0.3, -0.25) is 4.79 Å². The minimum absolute atomic E-state index is 0.0192. The Balaban J connectivity index is 0.924. The number of carbonyl (C=O) groups is 1. The first kappa shape index (κ1) is 59.2. The van der Waals surface area contributed by atoms with Gasteiger partial charge in [0.05, 0.1) is 39.6 Å². The van der Waals surface area contributed by atoms with Crippen LogP contribution >= 0.6 is 0 Å². The molecule has 0 saturated carbocycles. The first-order chi connectivity index (χ1) is 43.8. The van der Waals surface area contributed by atoms with Crippen LogP contribution in [0.25, 0.3) is 11.2 Å². The zero-order valence-corrected chi connectivity index (χ0v) is 49.4. The van der Waals surface area contributed by atoms with Crippen LogP contribution in [0, 0.1) is 0 Å². The van der Waals surface area contributed by atoms with E-state index in [1.165, 1.54) is 6.33 Å². The smallest absolute Gasteiger partial charge is 0.303 e. The van der Waals surface area contributed by atoms with E-state index in [-0.39, 0.29) is 56.0 Å². The van der Waals surface area contributed by atoms with E-state index >= 15 is 0 Å². The van der Waals surface area contributed by atoms with Crippen molar-refractivity contribution in [3.8, 4) is 6.01 Å². The summed E-state index contributed by atoms with van der Waals surface area (Å²) >= 11 is 0. The number of amides is 1. The van der Waals surface area contributed by atoms with Gasteiger partial charge < -0.3 is 52.7 Å². The molecule has 3 saturated heterocycles. The van der Waals surface area contributed by atoms with E-state index in [0.29, 0.717) is 12.2 Å². The van der Waals surface area contributed by atoms with Crippen molar-refractivity contribution in [1.82, 2.24) is 19.5 Å². The van der Waals surface area contributed by atoms with E-state index in [9.17, 15) is 4.79 Å². The van der Waals surface area contributed by atoms with Gasteiger partial charge in [0.1, 0.15) is 54.7 Å². The molecule has 1 amide bonds. The molecular formula is C73H69N5O11. The summed E-state index contributed by atoms with van der Waals surface area (Å²) in [4.78, 5) is 28.8. The molecule has 16 heteroatoms. The summed E-state index contributed by atoms with van der Waals surface area (Å²) in [5.74, 6) is -1.37. The molecule has 0 bridgehead atoms. The van der Waals surface area contributed by atoms with Gasteiger partial charge in [-0.1, -0.05) is 231 Å². The molecule has 3 aliphatic heterocycles. The Labute approximate surface area is 517 Å². The highest BCUT2D eigenvalue weighted by Crippen LogP contribution is 2.48. The summed E-state index contributed by atoms with van der Waals surface area (Å²) in [6.45, 7) is 4.71. The Bertz CT molecular complexity index is 3760. The number of hydrogen-bond acceptors (Lipinski definition) is 14. The van der Waals surface area contributed by atoms with Crippen LogP contribution in [0.5, 0.6) is 6.01 Å². The number of carbonyl (C=O) groups excluding carboxylic acids is 1. The molecule has 1 N–H and O–H groups in total. The number of imidazole rings is 1. The molecule has 2 aromatic heterocycles. The molecule has 10 aromatic rings. The fourth-order valence-corrected chi connectivity index (χ4v) is 12.0. The van der Waals surface area contributed by atoms with Crippen LogP contribution in [-0.2, 0) is 74.7 Å². The number of ether oxygens (including phenoxy) is 10. The average Bonchev–Trinajstić information content (AvgIpc) is 1.72. The van der Waals surface area contributed by atoms with Gasteiger partial charge in [0, 0.05) is 5.56 Å². The standard InChI is InChI=1S/C73H69N5O11/c1-72(2)88-62-59(48-84-73(55-37-21-8-22-38-55,56-39-23-9-24-40-56)57-41-25-10-26-42-57)85-69(64(62)89-72)78-67-60(66(74-49-75-67)77-68(79)54-35-19-7-20-36-54)76-71(78)87-70-65(83-46-53-33-17-6-18-34-53)63(82-45-52-31-15-5-16-32-52)61(81-44-51-29-13-4-14-30-51)58(86-70)47-80-43-50-27-11-3-12-28-50/h3-42,49,58-59,61-65,69-70H,43-48H2,1-2H3,(H,74,75,77,79)/t58-,59-,61-,62-,63+,64-,65+,69-,70-/m1/s1. The fraction of sp³-hybridized carbons (Fsp3) is 0.260. The topological polar surface area (TPSA) is 165 Å². The molecule has 0 aliphatic carbocycles. The van der Waals surface area contributed by atoms with Gasteiger partial charge in [-0.15, -0.1) is 0 Å². The normalized spacial score (nSPS) is 22.2. The Morgan fingerprint density at radius 1 is 0.517 bits per heavy atom. The van der Waals surface area contributed by atoms with E-state index in [4.69, 9.17) is 57.3 Å². The molecule has 89 heavy (non-hydrogen) atoms. The molecule has 3 fully saturated rings. The maximum atomic E-state index is 14.1. The Hall–Kier alpha value is -8.78. The highest BCUT2D eigenvalue weighted by molar-refractivity contribution is 6.06. The van der Waals surface area contributed by atoms with Gasteiger partial charge >= 0.3 is 6.01 Å². The lowest BCUT2D eigenvalue weighted by Gasteiger charge is -2.45. The first-order valence-electron chi connectivity index (χ1n) is 30.1. The third kappa shape index (κ3) is 13.3. The van der Waals surface area contributed by atoms with Crippen LogP contribution in [-0.4, -0.2) is 93.4 Å². The van der Waals surface area contributed by atoms with Crippen LogP contribution in [0.3, 0.4) is 0 Å². The van der Waals surface area contributed by atoms with Crippen molar-refractivity contribution in [3.63, 3.8) is 0 Å². The van der Waals surface area contributed by atoms with E-state index in [1.54, 1.807) is 28.8 Å². The number of nitrogens with zero attached hydrogens (tertiary/aromatic N) is 4. The largest absolute Gasteiger partial charge is 0.432 e. The van der Waals surface area contributed by atoms with Crippen molar-refractivity contribution >= 4 is 22.9 Å². The third-order valence-corrected chi connectivity index (χ3v) is 16.2. The molecule has 0 spiro atoms. The van der Waals surface area contributed by atoms with E-state index in [1.807, 2.05) is 196 Å². The summed E-state index contributed by atoms with van der Waals surface area (Å²) in [5, 5.41) is 3.00. The van der Waals surface area contributed by atoms with Crippen molar-refractivity contribution < 1.29 is 52.2 Å². The van der Waals surface area contributed by atoms with Crippen LogP contribution < -0.4 is 10.1 Å². The quantitative estimate of drug-likeness (QED) is 0.0568. The summed E-state index contributed by atoms with van der Waals surface area (Å²) in [7, 11) is 0. The van der Waals surface area contributed by atoms with Crippen molar-refractivity contribution in [3.05, 3.63) is 293 Å². The number of aromatic nitrogens is 4. The summed E-state index contributed by atoms with van der Waals surface area (Å²) < 4.78 is 72.8. The monoisotopic (exact) mass is 1190 g/mol. The second-order valence-corrected chi connectivity index (χ2v) is 22.6. The average molecular weight is 1190 g/mol. The van der Waals surface area contributed by atoms with Crippen molar-refractivity contribution in [1.29, 1.82) is 0 Å². The fourth-order valence-electron chi connectivity index (χ4n) is 12.0. The predicted octanol–water partition coefficient (Wildman–Crippen LogP) is 12.6. The Morgan fingerprint density at radius 2 is 0.978 bits per heavy atom. The van der Waals surface area contributed by atoms with Crippen LogP contribution in [0.15, 0.2) is 249 Å². The van der Waals surface area contributed by atoms with Gasteiger partial charge in [0.15, 0.2) is 29.0 Å². The Morgan fingerprint density at radius 3 is 1.51 bits per heavy atom. The molecule has 3 aliphatic rings. The van der Waals surface area contributed by atoms with Gasteiger partial charge in [-0.2, -0.15) is 4.98 Å². The lowest BCUT2D eigenvalue weighted by molar-refractivity contribution is -0.311. The third-order valence-electron chi connectivity index (χ3n) is 16.2. The number of fused-ring (bicyclic) bond motifs is 2. The number of rotatable bonds is 24.